The first-order valence-electron chi connectivity index (χ1n) is 4.41. The highest BCUT2D eigenvalue weighted by Crippen LogP contribution is 2.50. The van der Waals surface area contributed by atoms with Gasteiger partial charge in [0.05, 0.1) is 6.10 Å². The van der Waals surface area contributed by atoms with E-state index in [0.29, 0.717) is 5.41 Å². The molecule has 0 aromatic carbocycles. The van der Waals surface area contributed by atoms with Gasteiger partial charge in [0, 0.05) is 6.54 Å². The number of aliphatic hydroxyl groups is 1. The lowest BCUT2D eigenvalue weighted by Gasteiger charge is -2.07. The Labute approximate surface area is 69.0 Å². The SMILES string of the molecule is C[C@H](O)CNCC1CC1(C)C. The van der Waals surface area contributed by atoms with Gasteiger partial charge in [0.2, 0.25) is 0 Å². The summed E-state index contributed by atoms with van der Waals surface area (Å²) >= 11 is 0. The summed E-state index contributed by atoms with van der Waals surface area (Å²) in [5, 5.41) is 12.2. The van der Waals surface area contributed by atoms with Crippen LogP contribution in [0.5, 0.6) is 0 Å². The summed E-state index contributed by atoms with van der Waals surface area (Å²) in [4.78, 5) is 0. The second-order valence-corrected chi connectivity index (χ2v) is 4.40. The third-order valence-corrected chi connectivity index (χ3v) is 2.55. The molecule has 0 aromatic heterocycles. The molecule has 0 saturated heterocycles. The smallest absolute Gasteiger partial charge is 0.0636 e. The molecule has 1 aliphatic carbocycles. The molecule has 0 aliphatic heterocycles. The van der Waals surface area contributed by atoms with Gasteiger partial charge < -0.3 is 10.4 Å². The minimum Gasteiger partial charge on any atom is -0.392 e. The number of nitrogens with one attached hydrogen (secondary N) is 1. The van der Waals surface area contributed by atoms with Gasteiger partial charge in [-0.05, 0) is 31.2 Å². The van der Waals surface area contributed by atoms with Crippen molar-refractivity contribution in [1.82, 2.24) is 5.32 Å². The van der Waals surface area contributed by atoms with Crippen LogP contribution in [0, 0.1) is 11.3 Å². The van der Waals surface area contributed by atoms with E-state index in [-0.39, 0.29) is 6.10 Å². The zero-order chi connectivity index (χ0) is 8.48. The Kier molecular flexibility index (Phi) is 2.55. The number of rotatable bonds is 4. The molecular formula is C9H19NO. The molecule has 1 aliphatic rings. The second kappa shape index (κ2) is 3.11. The number of hydrogen-bond acceptors (Lipinski definition) is 2. The summed E-state index contributed by atoms with van der Waals surface area (Å²) in [5.74, 6) is 0.834. The quantitative estimate of drug-likeness (QED) is 0.638. The normalized spacial score (nSPS) is 30.0. The van der Waals surface area contributed by atoms with Crippen LogP contribution in [0.15, 0.2) is 0 Å². The topological polar surface area (TPSA) is 32.3 Å². The Morgan fingerprint density at radius 3 is 2.55 bits per heavy atom. The maximum Gasteiger partial charge on any atom is 0.0636 e. The van der Waals surface area contributed by atoms with Crippen LogP contribution in [0.3, 0.4) is 0 Å². The molecule has 0 spiro atoms. The van der Waals surface area contributed by atoms with Crippen molar-refractivity contribution in [1.29, 1.82) is 0 Å². The van der Waals surface area contributed by atoms with Crippen LogP contribution in [0.2, 0.25) is 0 Å². The Balaban J connectivity index is 1.98. The van der Waals surface area contributed by atoms with Crippen LogP contribution in [-0.4, -0.2) is 24.3 Å². The number of aliphatic hydroxyl groups excluding tert-OH is 1. The molecule has 0 aromatic rings. The fourth-order valence-corrected chi connectivity index (χ4v) is 1.39. The van der Waals surface area contributed by atoms with Crippen LogP contribution >= 0.6 is 0 Å². The first-order valence-corrected chi connectivity index (χ1v) is 4.41. The highest BCUT2D eigenvalue weighted by Gasteiger charge is 2.44. The summed E-state index contributed by atoms with van der Waals surface area (Å²) < 4.78 is 0. The molecule has 1 saturated carbocycles. The van der Waals surface area contributed by atoms with Gasteiger partial charge in [0.1, 0.15) is 0 Å². The van der Waals surface area contributed by atoms with Crippen LogP contribution < -0.4 is 5.32 Å². The van der Waals surface area contributed by atoms with Gasteiger partial charge in [0.15, 0.2) is 0 Å². The molecule has 1 fully saturated rings. The fourth-order valence-electron chi connectivity index (χ4n) is 1.39. The third-order valence-electron chi connectivity index (χ3n) is 2.55. The van der Waals surface area contributed by atoms with E-state index in [1.807, 2.05) is 6.92 Å². The van der Waals surface area contributed by atoms with E-state index >= 15 is 0 Å². The van der Waals surface area contributed by atoms with Gasteiger partial charge >= 0.3 is 0 Å². The van der Waals surface area contributed by atoms with Crippen molar-refractivity contribution in [2.75, 3.05) is 13.1 Å². The van der Waals surface area contributed by atoms with Gasteiger partial charge in [-0.3, -0.25) is 0 Å². The van der Waals surface area contributed by atoms with Crippen LogP contribution in [0.1, 0.15) is 27.2 Å². The lowest BCUT2D eigenvalue weighted by atomic mass is 10.1. The summed E-state index contributed by atoms with van der Waals surface area (Å²) in [6, 6.07) is 0. The molecule has 0 bridgehead atoms. The van der Waals surface area contributed by atoms with Gasteiger partial charge in [-0.1, -0.05) is 13.8 Å². The van der Waals surface area contributed by atoms with Crippen LogP contribution in [0.25, 0.3) is 0 Å². The molecule has 66 valence electrons. The predicted molar refractivity (Wildman–Crippen MR) is 46.4 cm³/mol. The Morgan fingerprint density at radius 2 is 2.18 bits per heavy atom. The van der Waals surface area contributed by atoms with Crippen LogP contribution in [-0.2, 0) is 0 Å². The molecular weight excluding hydrogens is 138 g/mol. The molecule has 11 heavy (non-hydrogen) atoms. The highest BCUT2D eigenvalue weighted by atomic mass is 16.3. The van der Waals surface area contributed by atoms with Gasteiger partial charge in [-0.2, -0.15) is 0 Å². The standard InChI is InChI=1S/C9H19NO/c1-7(11)5-10-6-8-4-9(8,2)3/h7-8,10-11H,4-6H2,1-3H3/t7-,8?/m0/s1. The summed E-state index contributed by atoms with van der Waals surface area (Å²) in [7, 11) is 0. The van der Waals surface area contributed by atoms with Crippen molar-refractivity contribution >= 4 is 0 Å². The van der Waals surface area contributed by atoms with E-state index in [9.17, 15) is 0 Å². The van der Waals surface area contributed by atoms with E-state index in [1.165, 1.54) is 6.42 Å². The molecule has 0 radical (unpaired) electrons. The Hall–Kier alpha value is -0.0800. The minimum atomic E-state index is -0.211. The van der Waals surface area contributed by atoms with E-state index in [1.54, 1.807) is 0 Å². The van der Waals surface area contributed by atoms with Crippen molar-refractivity contribution < 1.29 is 5.11 Å². The molecule has 1 rings (SSSR count). The first kappa shape index (κ1) is 9.01. The van der Waals surface area contributed by atoms with Gasteiger partial charge in [-0.25, -0.2) is 0 Å². The summed E-state index contributed by atoms with van der Waals surface area (Å²) in [6.07, 6.45) is 1.12. The number of hydrogen-bond donors (Lipinski definition) is 2. The molecule has 2 heteroatoms. The highest BCUT2D eigenvalue weighted by molar-refractivity contribution is 4.96. The lowest BCUT2D eigenvalue weighted by Crippen LogP contribution is -2.27. The molecule has 0 amide bonds. The largest absolute Gasteiger partial charge is 0.392 e. The summed E-state index contributed by atoms with van der Waals surface area (Å²) in [5.41, 5.74) is 0.561. The molecule has 2 nitrogen and oxygen atoms in total. The van der Waals surface area contributed by atoms with E-state index in [4.69, 9.17) is 5.11 Å². The second-order valence-electron chi connectivity index (χ2n) is 4.40. The van der Waals surface area contributed by atoms with E-state index < -0.39 is 0 Å². The van der Waals surface area contributed by atoms with Crippen molar-refractivity contribution in [3.05, 3.63) is 0 Å². The van der Waals surface area contributed by atoms with Crippen molar-refractivity contribution in [2.24, 2.45) is 11.3 Å². The molecule has 2 atom stereocenters. The average molecular weight is 157 g/mol. The molecule has 2 N–H and O–H groups in total. The molecule has 1 unspecified atom stereocenters. The van der Waals surface area contributed by atoms with E-state index in [0.717, 1.165) is 19.0 Å². The molecule has 0 heterocycles. The maximum atomic E-state index is 8.95. The fraction of sp³-hybridized carbons (Fsp3) is 1.00. The third kappa shape index (κ3) is 2.80. The van der Waals surface area contributed by atoms with Crippen LogP contribution in [0.4, 0.5) is 0 Å². The van der Waals surface area contributed by atoms with E-state index in [2.05, 4.69) is 19.2 Å². The minimum absolute atomic E-state index is 0.211. The Morgan fingerprint density at radius 1 is 1.64 bits per heavy atom. The monoisotopic (exact) mass is 157 g/mol. The Bertz CT molecular complexity index is 132. The average Bonchev–Trinajstić information content (AvgIpc) is 2.39. The predicted octanol–water partition coefficient (Wildman–Crippen LogP) is 1.00. The maximum absolute atomic E-state index is 8.95. The first-order chi connectivity index (χ1) is 5.02. The van der Waals surface area contributed by atoms with Gasteiger partial charge in [-0.15, -0.1) is 0 Å². The van der Waals surface area contributed by atoms with Crippen molar-refractivity contribution in [3.8, 4) is 0 Å². The van der Waals surface area contributed by atoms with Crippen molar-refractivity contribution in [3.63, 3.8) is 0 Å². The zero-order valence-corrected chi connectivity index (χ0v) is 7.72. The zero-order valence-electron chi connectivity index (χ0n) is 7.72. The lowest BCUT2D eigenvalue weighted by molar-refractivity contribution is 0.190. The van der Waals surface area contributed by atoms with Crippen molar-refractivity contribution in [2.45, 2.75) is 33.3 Å². The summed E-state index contributed by atoms with van der Waals surface area (Å²) in [6.45, 7) is 8.19. The van der Waals surface area contributed by atoms with Gasteiger partial charge in [0.25, 0.3) is 0 Å².